The van der Waals surface area contributed by atoms with Gasteiger partial charge in [-0.2, -0.15) is 0 Å². The van der Waals surface area contributed by atoms with Gasteiger partial charge in [0, 0.05) is 25.4 Å². The molecule has 0 saturated heterocycles. The highest BCUT2D eigenvalue weighted by Gasteiger charge is 2.14. The number of nitrogens with zero attached hydrogens (tertiary/aromatic N) is 1. The Morgan fingerprint density at radius 3 is 2.28 bits per heavy atom. The second-order valence-electron chi connectivity index (χ2n) is 5.30. The lowest BCUT2D eigenvalue weighted by Crippen LogP contribution is -2.41. The lowest BCUT2D eigenvalue weighted by molar-refractivity contribution is -0.137. The Morgan fingerprint density at radius 2 is 1.83 bits per heavy atom. The SMILES string of the molecule is CC(C)CC(CNC(=O)CCCC(=O)O)N(C)C. The van der Waals surface area contributed by atoms with Crippen LogP contribution in [0.2, 0.25) is 0 Å². The largest absolute Gasteiger partial charge is 0.481 e. The minimum Gasteiger partial charge on any atom is -0.481 e. The zero-order valence-corrected chi connectivity index (χ0v) is 11.9. The normalized spacial score (nSPS) is 12.8. The number of carbonyl (C=O) groups is 2. The summed E-state index contributed by atoms with van der Waals surface area (Å²) in [5.74, 6) is -0.332. The van der Waals surface area contributed by atoms with Crippen molar-refractivity contribution < 1.29 is 14.7 Å². The third-order valence-electron chi connectivity index (χ3n) is 2.80. The van der Waals surface area contributed by atoms with Gasteiger partial charge in [-0.1, -0.05) is 13.8 Å². The predicted molar refractivity (Wildman–Crippen MR) is 71.4 cm³/mol. The maximum Gasteiger partial charge on any atom is 0.303 e. The average Bonchev–Trinajstić information content (AvgIpc) is 2.22. The van der Waals surface area contributed by atoms with Crippen LogP contribution in [0.4, 0.5) is 0 Å². The fourth-order valence-electron chi connectivity index (χ4n) is 1.74. The second-order valence-corrected chi connectivity index (χ2v) is 5.30. The summed E-state index contributed by atoms with van der Waals surface area (Å²) >= 11 is 0. The monoisotopic (exact) mass is 258 g/mol. The first-order valence-electron chi connectivity index (χ1n) is 6.47. The van der Waals surface area contributed by atoms with Gasteiger partial charge >= 0.3 is 5.97 Å². The van der Waals surface area contributed by atoms with Crippen LogP contribution in [0.25, 0.3) is 0 Å². The van der Waals surface area contributed by atoms with Crippen molar-refractivity contribution in [3.05, 3.63) is 0 Å². The van der Waals surface area contributed by atoms with Gasteiger partial charge in [0.05, 0.1) is 0 Å². The van der Waals surface area contributed by atoms with Crippen LogP contribution in [0.3, 0.4) is 0 Å². The maximum atomic E-state index is 11.5. The number of rotatable bonds is 9. The Morgan fingerprint density at radius 1 is 1.22 bits per heavy atom. The molecule has 1 atom stereocenters. The van der Waals surface area contributed by atoms with E-state index in [0.717, 1.165) is 6.42 Å². The van der Waals surface area contributed by atoms with Crippen LogP contribution in [-0.4, -0.2) is 48.6 Å². The van der Waals surface area contributed by atoms with Gasteiger partial charge in [0.15, 0.2) is 0 Å². The molecule has 0 aromatic carbocycles. The summed E-state index contributed by atoms with van der Waals surface area (Å²) in [5, 5.41) is 11.3. The first-order valence-corrected chi connectivity index (χ1v) is 6.47. The van der Waals surface area contributed by atoms with Gasteiger partial charge in [-0.15, -0.1) is 0 Å². The topological polar surface area (TPSA) is 69.6 Å². The Bertz CT molecular complexity index is 265. The van der Waals surface area contributed by atoms with E-state index in [2.05, 4.69) is 24.1 Å². The molecule has 2 N–H and O–H groups in total. The zero-order valence-electron chi connectivity index (χ0n) is 11.9. The molecule has 0 spiro atoms. The van der Waals surface area contributed by atoms with Crippen molar-refractivity contribution in [3.8, 4) is 0 Å². The fourth-order valence-corrected chi connectivity index (χ4v) is 1.74. The predicted octanol–water partition coefficient (Wildman–Crippen LogP) is 1.33. The molecule has 0 aliphatic rings. The molecule has 0 bridgehead atoms. The molecular formula is C13H26N2O3. The summed E-state index contributed by atoms with van der Waals surface area (Å²) in [4.78, 5) is 23.9. The van der Waals surface area contributed by atoms with E-state index in [-0.39, 0.29) is 18.7 Å². The summed E-state index contributed by atoms with van der Waals surface area (Å²) < 4.78 is 0. The maximum absolute atomic E-state index is 11.5. The van der Waals surface area contributed by atoms with Gasteiger partial charge in [-0.05, 0) is 32.9 Å². The zero-order chi connectivity index (χ0) is 14.1. The molecule has 0 aliphatic heterocycles. The van der Waals surface area contributed by atoms with Crippen molar-refractivity contribution in [2.45, 2.75) is 45.6 Å². The highest BCUT2D eigenvalue weighted by molar-refractivity contribution is 5.76. The standard InChI is InChI=1S/C13H26N2O3/c1-10(2)8-11(15(3)4)9-14-12(16)6-5-7-13(17)18/h10-11H,5-9H2,1-4H3,(H,14,16)(H,17,18). The summed E-state index contributed by atoms with van der Waals surface area (Å²) in [7, 11) is 4.01. The van der Waals surface area contributed by atoms with Crippen molar-refractivity contribution >= 4 is 11.9 Å². The number of aliphatic carboxylic acids is 1. The Kier molecular flexibility index (Phi) is 8.37. The lowest BCUT2D eigenvalue weighted by atomic mass is 10.0. The van der Waals surface area contributed by atoms with Crippen LogP contribution in [0.15, 0.2) is 0 Å². The molecule has 1 amide bonds. The van der Waals surface area contributed by atoms with Crippen LogP contribution >= 0.6 is 0 Å². The summed E-state index contributed by atoms with van der Waals surface area (Å²) in [6, 6.07) is 0.327. The molecule has 106 valence electrons. The number of carboxylic acids is 1. The van der Waals surface area contributed by atoms with E-state index < -0.39 is 5.97 Å². The summed E-state index contributed by atoms with van der Waals surface area (Å²) in [6.07, 6.45) is 1.77. The molecule has 0 saturated carbocycles. The average molecular weight is 258 g/mol. The van der Waals surface area contributed by atoms with E-state index in [9.17, 15) is 9.59 Å². The van der Waals surface area contributed by atoms with Crippen molar-refractivity contribution in [1.82, 2.24) is 10.2 Å². The molecule has 1 unspecified atom stereocenters. The molecule has 5 heteroatoms. The number of hydrogen-bond donors (Lipinski definition) is 2. The van der Waals surface area contributed by atoms with Crippen LogP contribution < -0.4 is 5.32 Å². The lowest BCUT2D eigenvalue weighted by Gasteiger charge is -2.26. The Hall–Kier alpha value is -1.10. The number of amides is 1. The minimum atomic E-state index is -0.853. The van der Waals surface area contributed by atoms with Gasteiger partial charge in [-0.25, -0.2) is 0 Å². The molecule has 5 nitrogen and oxygen atoms in total. The number of nitrogens with one attached hydrogen (secondary N) is 1. The molecule has 0 rings (SSSR count). The van der Waals surface area contributed by atoms with Crippen molar-refractivity contribution in [2.75, 3.05) is 20.6 Å². The molecular weight excluding hydrogens is 232 g/mol. The third kappa shape index (κ3) is 8.98. The second kappa shape index (κ2) is 8.91. The molecule has 0 heterocycles. The van der Waals surface area contributed by atoms with Crippen LogP contribution in [0.1, 0.15) is 39.5 Å². The molecule has 0 aromatic rings. The smallest absolute Gasteiger partial charge is 0.303 e. The van der Waals surface area contributed by atoms with Gasteiger partial charge < -0.3 is 15.3 Å². The van der Waals surface area contributed by atoms with E-state index >= 15 is 0 Å². The molecule has 0 radical (unpaired) electrons. The Labute approximate surface area is 110 Å². The minimum absolute atomic E-state index is 0.0521. The van der Waals surface area contributed by atoms with E-state index in [1.165, 1.54) is 0 Å². The van der Waals surface area contributed by atoms with Gasteiger partial charge in [0.25, 0.3) is 0 Å². The number of carboxylic acid groups (broad SMARTS) is 1. The van der Waals surface area contributed by atoms with Gasteiger partial charge in [-0.3, -0.25) is 9.59 Å². The Balaban J connectivity index is 3.89. The van der Waals surface area contributed by atoms with E-state index in [1.807, 2.05) is 14.1 Å². The number of hydrogen-bond acceptors (Lipinski definition) is 3. The molecule has 0 fully saturated rings. The fraction of sp³-hybridized carbons (Fsp3) is 0.846. The van der Waals surface area contributed by atoms with Gasteiger partial charge in [0.1, 0.15) is 0 Å². The van der Waals surface area contributed by atoms with Crippen LogP contribution in [-0.2, 0) is 9.59 Å². The van der Waals surface area contributed by atoms with Crippen molar-refractivity contribution in [1.29, 1.82) is 0 Å². The summed E-state index contributed by atoms with van der Waals surface area (Å²) in [6.45, 7) is 4.94. The first-order chi connectivity index (χ1) is 8.32. The van der Waals surface area contributed by atoms with Gasteiger partial charge in [0.2, 0.25) is 5.91 Å². The number of likely N-dealkylation sites (N-methyl/N-ethyl adjacent to an activating group) is 1. The summed E-state index contributed by atoms with van der Waals surface area (Å²) in [5.41, 5.74) is 0. The first kappa shape index (κ1) is 16.9. The highest BCUT2D eigenvalue weighted by atomic mass is 16.4. The quantitative estimate of drug-likeness (QED) is 0.654. The molecule has 18 heavy (non-hydrogen) atoms. The van der Waals surface area contributed by atoms with Crippen molar-refractivity contribution in [3.63, 3.8) is 0 Å². The highest BCUT2D eigenvalue weighted by Crippen LogP contribution is 2.08. The van der Waals surface area contributed by atoms with Crippen molar-refractivity contribution in [2.24, 2.45) is 5.92 Å². The molecule has 0 aliphatic carbocycles. The van der Waals surface area contributed by atoms with E-state index in [4.69, 9.17) is 5.11 Å². The van der Waals surface area contributed by atoms with Crippen LogP contribution in [0.5, 0.6) is 0 Å². The van der Waals surface area contributed by atoms with E-state index in [1.54, 1.807) is 0 Å². The van der Waals surface area contributed by atoms with E-state index in [0.29, 0.717) is 24.9 Å². The number of carbonyl (C=O) groups excluding carboxylic acids is 1. The molecule has 0 aromatic heterocycles. The van der Waals surface area contributed by atoms with Crippen LogP contribution in [0, 0.1) is 5.92 Å². The third-order valence-corrected chi connectivity index (χ3v) is 2.80.